The summed E-state index contributed by atoms with van der Waals surface area (Å²) in [7, 11) is -3.38. The summed E-state index contributed by atoms with van der Waals surface area (Å²) in [4.78, 5) is 11.4. The number of alkyl halides is 1. The maximum absolute atomic E-state index is 11.8. The lowest BCUT2D eigenvalue weighted by molar-refractivity contribution is 0.0526. The van der Waals surface area contributed by atoms with Crippen LogP contribution in [-0.4, -0.2) is 32.6 Å². The molecule has 0 spiro atoms. The van der Waals surface area contributed by atoms with Gasteiger partial charge in [-0.3, -0.25) is 4.72 Å². The first-order valence-corrected chi connectivity index (χ1v) is 8.51. The van der Waals surface area contributed by atoms with Gasteiger partial charge in [-0.15, -0.1) is 11.6 Å². The molecular formula is C13H18ClNO4S. The first-order valence-electron chi connectivity index (χ1n) is 6.32. The number of esters is 1. The number of halogens is 1. The summed E-state index contributed by atoms with van der Waals surface area (Å²) < 4.78 is 30.8. The van der Waals surface area contributed by atoms with E-state index in [0.717, 1.165) is 0 Å². The average Bonchev–Trinajstić information content (AvgIpc) is 2.39. The molecule has 20 heavy (non-hydrogen) atoms. The van der Waals surface area contributed by atoms with E-state index in [9.17, 15) is 13.2 Å². The number of carbonyl (C=O) groups is 1. The van der Waals surface area contributed by atoms with Gasteiger partial charge in [-0.05, 0) is 44.0 Å². The monoisotopic (exact) mass is 319 g/mol. The minimum absolute atomic E-state index is 0.0271. The Morgan fingerprint density at radius 1 is 1.25 bits per heavy atom. The number of benzene rings is 1. The Morgan fingerprint density at radius 2 is 1.90 bits per heavy atom. The molecule has 0 atom stereocenters. The fourth-order valence-electron chi connectivity index (χ4n) is 1.51. The van der Waals surface area contributed by atoms with E-state index in [1.54, 1.807) is 6.92 Å². The van der Waals surface area contributed by atoms with E-state index in [1.165, 1.54) is 24.3 Å². The van der Waals surface area contributed by atoms with Gasteiger partial charge in [0.25, 0.3) is 0 Å². The van der Waals surface area contributed by atoms with E-state index in [-0.39, 0.29) is 5.75 Å². The van der Waals surface area contributed by atoms with E-state index in [1.807, 2.05) is 0 Å². The van der Waals surface area contributed by atoms with Gasteiger partial charge in [-0.1, -0.05) is 0 Å². The molecule has 0 bridgehead atoms. The van der Waals surface area contributed by atoms with Crippen LogP contribution in [0.1, 0.15) is 30.1 Å². The highest BCUT2D eigenvalue weighted by Crippen LogP contribution is 2.13. The Labute approximate surface area is 124 Å². The first kappa shape index (κ1) is 16.8. The Morgan fingerprint density at radius 3 is 2.45 bits per heavy atom. The number of sulfonamides is 1. The van der Waals surface area contributed by atoms with E-state index in [4.69, 9.17) is 16.3 Å². The van der Waals surface area contributed by atoms with Crippen LogP contribution < -0.4 is 4.72 Å². The largest absolute Gasteiger partial charge is 0.462 e. The molecule has 0 saturated heterocycles. The molecule has 0 heterocycles. The Balaban J connectivity index is 2.63. The highest BCUT2D eigenvalue weighted by Gasteiger charge is 2.11. The molecule has 0 radical (unpaired) electrons. The molecule has 1 N–H and O–H groups in total. The van der Waals surface area contributed by atoms with Crippen LogP contribution in [0, 0.1) is 0 Å². The van der Waals surface area contributed by atoms with Crippen molar-refractivity contribution in [2.45, 2.75) is 19.8 Å². The molecule has 0 aliphatic heterocycles. The Kier molecular flexibility index (Phi) is 6.81. The Bertz CT molecular complexity index is 528. The number of nitrogens with one attached hydrogen (secondary N) is 1. The summed E-state index contributed by atoms with van der Waals surface area (Å²) in [6.07, 6.45) is 1.17. The summed E-state index contributed by atoms with van der Waals surface area (Å²) in [6, 6.07) is 6.11. The number of hydrogen-bond acceptors (Lipinski definition) is 4. The zero-order valence-electron chi connectivity index (χ0n) is 11.3. The fraction of sp³-hybridized carbons (Fsp3) is 0.462. The van der Waals surface area contributed by atoms with Gasteiger partial charge in [-0.25, -0.2) is 13.2 Å². The fourth-order valence-corrected chi connectivity index (χ4v) is 2.88. The maximum atomic E-state index is 11.8. The number of unbranched alkanes of at least 4 members (excludes halogenated alkanes) is 1. The quantitative estimate of drug-likeness (QED) is 0.454. The lowest BCUT2D eigenvalue weighted by Gasteiger charge is -2.08. The minimum atomic E-state index is -3.38. The van der Waals surface area contributed by atoms with E-state index >= 15 is 0 Å². The summed E-state index contributed by atoms with van der Waals surface area (Å²) in [5.74, 6) is 0.0485. The highest BCUT2D eigenvalue weighted by molar-refractivity contribution is 7.92. The SMILES string of the molecule is CCOC(=O)c1ccc(NS(=O)(=O)CCCCCl)cc1. The first-order chi connectivity index (χ1) is 9.48. The Hall–Kier alpha value is -1.27. The summed E-state index contributed by atoms with van der Waals surface area (Å²) in [5, 5.41) is 0. The van der Waals surface area contributed by atoms with Crippen molar-refractivity contribution < 1.29 is 17.9 Å². The highest BCUT2D eigenvalue weighted by atomic mass is 35.5. The second-order valence-corrected chi connectivity index (χ2v) is 6.33. The number of anilines is 1. The van der Waals surface area contributed by atoms with Crippen molar-refractivity contribution in [3.63, 3.8) is 0 Å². The second kappa shape index (κ2) is 8.11. The van der Waals surface area contributed by atoms with Crippen molar-refractivity contribution in [2.24, 2.45) is 0 Å². The summed E-state index contributed by atoms with van der Waals surface area (Å²) >= 11 is 5.50. The molecule has 0 saturated carbocycles. The lowest BCUT2D eigenvalue weighted by atomic mass is 10.2. The molecule has 1 aromatic carbocycles. The molecule has 0 aliphatic rings. The normalized spacial score (nSPS) is 11.1. The van der Waals surface area contributed by atoms with E-state index in [0.29, 0.717) is 36.6 Å². The predicted molar refractivity (Wildman–Crippen MR) is 79.8 cm³/mol. The van der Waals surface area contributed by atoms with Crippen LogP contribution >= 0.6 is 11.6 Å². The molecule has 1 rings (SSSR count). The summed E-state index contributed by atoms with van der Waals surface area (Å²) in [6.45, 7) is 2.02. The molecule has 5 nitrogen and oxygen atoms in total. The van der Waals surface area contributed by atoms with Gasteiger partial charge >= 0.3 is 5.97 Å². The van der Waals surface area contributed by atoms with Crippen molar-refractivity contribution >= 4 is 33.3 Å². The minimum Gasteiger partial charge on any atom is -0.462 e. The van der Waals surface area contributed by atoms with E-state index < -0.39 is 16.0 Å². The molecule has 0 aromatic heterocycles. The third-order valence-electron chi connectivity index (χ3n) is 2.47. The van der Waals surface area contributed by atoms with Gasteiger partial charge in [0.05, 0.1) is 17.9 Å². The van der Waals surface area contributed by atoms with Crippen molar-refractivity contribution in [3.05, 3.63) is 29.8 Å². The molecule has 7 heteroatoms. The van der Waals surface area contributed by atoms with Gasteiger partial charge < -0.3 is 4.74 Å². The zero-order valence-corrected chi connectivity index (χ0v) is 12.8. The van der Waals surface area contributed by atoms with Crippen LogP contribution in [0.4, 0.5) is 5.69 Å². The smallest absolute Gasteiger partial charge is 0.338 e. The third-order valence-corrected chi connectivity index (χ3v) is 4.11. The van der Waals surface area contributed by atoms with Gasteiger partial charge in [0.2, 0.25) is 10.0 Å². The molecule has 112 valence electrons. The van der Waals surface area contributed by atoms with Gasteiger partial charge in [0.15, 0.2) is 0 Å². The van der Waals surface area contributed by atoms with Crippen molar-refractivity contribution in [3.8, 4) is 0 Å². The molecule has 0 aliphatic carbocycles. The predicted octanol–water partition coefficient (Wildman–Crippen LogP) is 2.62. The molecule has 0 unspecified atom stereocenters. The van der Waals surface area contributed by atoms with Crippen molar-refractivity contribution in [1.82, 2.24) is 0 Å². The van der Waals surface area contributed by atoms with E-state index in [2.05, 4.69) is 4.72 Å². The maximum Gasteiger partial charge on any atom is 0.338 e. The molecule has 1 aromatic rings. The van der Waals surface area contributed by atoms with Gasteiger partial charge in [0, 0.05) is 11.6 Å². The number of rotatable bonds is 8. The van der Waals surface area contributed by atoms with Crippen LogP contribution in [-0.2, 0) is 14.8 Å². The topological polar surface area (TPSA) is 72.5 Å². The molecule has 0 amide bonds. The van der Waals surface area contributed by atoms with Crippen molar-refractivity contribution in [1.29, 1.82) is 0 Å². The van der Waals surface area contributed by atoms with Crippen LogP contribution in [0.5, 0.6) is 0 Å². The lowest BCUT2D eigenvalue weighted by Crippen LogP contribution is -2.16. The van der Waals surface area contributed by atoms with Crippen LogP contribution in [0.15, 0.2) is 24.3 Å². The van der Waals surface area contributed by atoms with Gasteiger partial charge in [0.1, 0.15) is 0 Å². The third kappa shape index (κ3) is 5.79. The number of carbonyl (C=O) groups excluding carboxylic acids is 1. The standard InChI is InChI=1S/C13H18ClNO4S/c1-2-19-13(16)11-5-7-12(8-6-11)15-20(17,18)10-4-3-9-14/h5-8,15H,2-4,9-10H2,1H3. The molecular weight excluding hydrogens is 302 g/mol. The van der Waals surface area contributed by atoms with Gasteiger partial charge in [-0.2, -0.15) is 0 Å². The second-order valence-electron chi connectivity index (χ2n) is 4.11. The van der Waals surface area contributed by atoms with Crippen molar-refractivity contribution in [2.75, 3.05) is 23.0 Å². The zero-order chi connectivity index (χ0) is 15.0. The summed E-state index contributed by atoms with van der Waals surface area (Å²) in [5.41, 5.74) is 0.806. The van der Waals surface area contributed by atoms with Crippen LogP contribution in [0.3, 0.4) is 0 Å². The van der Waals surface area contributed by atoms with Crippen LogP contribution in [0.25, 0.3) is 0 Å². The number of ether oxygens (including phenoxy) is 1. The number of hydrogen-bond donors (Lipinski definition) is 1. The van der Waals surface area contributed by atoms with Crippen LogP contribution in [0.2, 0.25) is 0 Å². The average molecular weight is 320 g/mol. The molecule has 0 fully saturated rings.